The number of halogens is 1. The van der Waals surface area contributed by atoms with E-state index >= 15 is 0 Å². The first kappa shape index (κ1) is 14.2. The second-order valence-electron chi connectivity index (χ2n) is 3.83. The second-order valence-corrected chi connectivity index (χ2v) is 6.29. The van der Waals surface area contributed by atoms with Gasteiger partial charge in [-0.25, -0.2) is 0 Å². The van der Waals surface area contributed by atoms with Crippen LogP contribution in [0, 0.1) is 0 Å². The van der Waals surface area contributed by atoms with Crippen molar-refractivity contribution < 1.29 is 9.59 Å². The topological polar surface area (TPSA) is 58.2 Å². The van der Waals surface area contributed by atoms with E-state index in [9.17, 15) is 9.59 Å². The van der Waals surface area contributed by atoms with Crippen LogP contribution in [0.5, 0.6) is 0 Å². The molecule has 1 heterocycles. The summed E-state index contributed by atoms with van der Waals surface area (Å²) in [4.78, 5) is 23.6. The fraction of sp³-hybridized carbons (Fsp3) is 0.455. The van der Waals surface area contributed by atoms with Crippen LogP contribution in [0.2, 0.25) is 0 Å². The molecule has 17 heavy (non-hydrogen) atoms. The van der Waals surface area contributed by atoms with E-state index in [0.717, 1.165) is 3.79 Å². The van der Waals surface area contributed by atoms with Gasteiger partial charge in [-0.05, 0) is 41.9 Å². The van der Waals surface area contributed by atoms with Gasteiger partial charge in [0.05, 0.1) is 8.66 Å². The van der Waals surface area contributed by atoms with Crippen molar-refractivity contribution in [3.05, 3.63) is 20.8 Å². The van der Waals surface area contributed by atoms with Crippen molar-refractivity contribution in [1.29, 1.82) is 0 Å². The minimum absolute atomic E-state index is 0.0485. The van der Waals surface area contributed by atoms with E-state index in [0.29, 0.717) is 17.8 Å². The number of hydrogen-bond donors (Lipinski definition) is 2. The van der Waals surface area contributed by atoms with Crippen LogP contribution in [0.1, 0.15) is 29.9 Å². The van der Waals surface area contributed by atoms with Gasteiger partial charge in [0.25, 0.3) is 5.91 Å². The first-order valence-electron chi connectivity index (χ1n) is 5.32. The maximum atomic E-state index is 11.6. The molecule has 0 spiro atoms. The minimum Gasteiger partial charge on any atom is -0.354 e. The molecule has 1 aromatic rings. The molecular weight excluding hydrogens is 304 g/mol. The van der Waals surface area contributed by atoms with Crippen LogP contribution in [0.25, 0.3) is 0 Å². The van der Waals surface area contributed by atoms with E-state index in [4.69, 9.17) is 0 Å². The summed E-state index contributed by atoms with van der Waals surface area (Å²) in [6, 6.07) is 3.70. The Morgan fingerprint density at radius 2 is 2.12 bits per heavy atom. The highest BCUT2D eigenvalue weighted by Gasteiger charge is 2.09. The number of amides is 2. The number of rotatable bonds is 5. The summed E-state index contributed by atoms with van der Waals surface area (Å²) in [5.41, 5.74) is 0. The van der Waals surface area contributed by atoms with Crippen molar-refractivity contribution in [1.82, 2.24) is 10.6 Å². The molecule has 4 nitrogen and oxygen atoms in total. The SMILES string of the molecule is CC(C)NC(=O)CCNC(=O)c1ccc(Br)s1. The van der Waals surface area contributed by atoms with Gasteiger partial charge in [0, 0.05) is 19.0 Å². The van der Waals surface area contributed by atoms with Crippen LogP contribution in [0.3, 0.4) is 0 Å². The molecule has 0 radical (unpaired) electrons. The zero-order valence-electron chi connectivity index (χ0n) is 9.75. The Balaban J connectivity index is 2.27. The Kier molecular flexibility index (Phi) is 5.64. The Bertz CT molecular complexity index is 404. The van der Waals surface area contributed by atoms with E-state index in [1.165, 1.54) is 11.3 Å². The first-order valence-corrected chi connectivity index (χ1v) is 6.93. The molecule has 0 aliphatic rings. The maximum absolute atomic E-state index is 11.6. The summed E-state index contributed by atoms with van der Waals surface area (Å²) < 4.78 is 0.917. The fourth-order valence-electron chi connectivity index (χ4n) is 1.21. The Morgan fingerprint density at radius 1 is 1.41 bits per heavy atom. The van der Waals surface area contributed by atoms with Crippen molar-refractivity contribution in [3.8, 4) is 0 Å². The van der Waals surface area contributed by atoms with Crippen LogP contribution < -0.4 is 10.6 Å². The Morgan fingerprint density at radius 3 is 2.65 bits per heavy atom. The summed E-state index contributed by atoms with van der Waals surface area (Å²) >= 11 is 4.66. The lowest BCUT2D eigenvalue weighted by atomic mass is 10.3. The summed E-state index contributed by atoms with van der Waals surface area (Å²) in [6.07, 6.45) is 0.302. The minimum atomic E-state index is -0.141. The molecule has 0 aromatic carbocycles. The Labute approximate surface area is 113 Å². The summed E-state index contributed by atoms with van der Waals surface area (Å²) in [5.74, 6) is -0.189. The number of carbonyl (C=O) groups is 2. The number of hydrogen-bond acceptors (Lipinski definition) is 3. The van der Waals surface area contributed by atoms with E-state index < -0.39 is 0 Å². The normalized spacial score (nSPS) is 10.4. The third-order valence-electron chi connectivity index (χ3n) is 1.88. The van der Waals surface area contributed by atoms with Crippen LogP contribution >= 0.6 is 27.3 Å². The summed E-state index contributed by atoms with van der Waals surface area (Å²) in [5, 5.41) is 5.47. The predicted molar refractivity (Wildman–Crippen MR) is 72.2 cm³/mol. The van der Waals surface area contributed by atoms with Gasteiger partial charge in [0.2, 0.25) is 5.91 Å². The molecular formula is C11H15BrN2O2S. The molecule has 0 fully saturated rings. The van der Waals surface area contributed by atoms with Crippen LogP contribution in [-0.4, -0.2) is 24.4 Å². The van der Waals surface area contributed by atoms with Gasteiger partial charge < -0.3 is 10.6 Å². The molecule has 0 aliphatic heterocycles. The maximum Gasteiger partial charge on any atom is 0.261 e. The van der Waals surface area contributed by atoms with Gasteiger partial charge in [-0.3, -0.25) is 9.59 Å². The summed E-state index contributed by atoms with van der Waals surface area (Å²) in [7, 11) is 0. The molecule has 1 rings (SSSR count). The van der Waals surface area contributed by atoms with Crippen LogP contribution in [-0.2, 0) is 4.79 Å². The van der Waals surface area contributed by atoms with E-state index in [2.05, 4.69) is 26.6 Å². The van der Waals surface area contributed by atoms with E-state index in [-0.39, 0.29) is 17.9 Å². The lowest BCUT2D eigenvalue weighted by Crippen LogP contribution is -2.33. The molecule has 0 unspecified atom stereocenters. The molecule has 0 aliphatic carbocycles. The van der Waals surface area contributed by atoms with Gasteiger partial charge in [0.1, 0.15) is 0 Å². The lowest BCUT2D eigenvalue weighted by Gasteiger charge is -2.08. The zero-order valence-corrected chi connectivity index (χ0v) is 12.2. The second kappa shape index (κ2) is 6.76. The fourth-order valence-corrected chi connectivity index (χ4v) is 2.51. The van der Waals surface area contributed by atoms with Gasteiger partial charge >= 0.3 is 0 Å². The molecule has 2 N–H and O–H groups in total. The monoisotopic (exact) mass is 318 g/mol. The molecule has 2 amide bonds. The standard InChI is InChI=1S/C11H15BrN2O2S/c1-7(2)14-10(15)5-6-13-11(16)8-3-4-9(12)17-8/h3-4,7H,5-6H2,1-2H3,(H,13,16)(H,14,15). The third kappa shape index (κ3) is 5.32. The van der Waals surface area contributed by atoms with Crippen molar-refractivity contribution in [2.45, 2.75) is 26.3 Å². The molecule has 0 bridgehead atoms. The molecule has 6 heteroatoms. The molecule has 0 saturated heterocycles. The quantitative estimate of drug-likeness (QED) is 0.874. The lowest BCUT2D eigenvalue weighted by molar-refractivity contribution is -0.121. The van der Waals surface area contributed by atoms with Gasteiger partial charge in [-0.1, -0.05) is 0 Å². The molecule has 94 valence electrons. The van der Waals surface area contributed by atoms with Crippen molar-refractivity contribution in [3.63, 3.8) is 0 Å². The number of thiophene rings is 1. The average Bonchev–Trinajstić information content (AvgIpc) is 2.63. The van der Waals surface area contributed by atoms with Gasteiger partial charge in [0.15, 0.2) is 0 Å². The van der Waals surface area contributed by atoms with Gasteiger partial charge in [-0.2, -0.15) is 0 Å². The highest BCUT2D eigenvalue weighted by Crippen LogP contribution is 2.21. The molecule has 0 saturated carbocycles. The summed E-state index contributed by atoms with van der Waals surface area (Å²) in [6.45, 7) is 4.16. The van der Waals surface area contributed by atoms with E-state index in [1.54, 1.807) is 6.07 Å². The van der Waals surface area contributed by atoms with Gasteiger partial charge in [-0.15, -0.1) is 11.3 Å². The predicted octanol–water partition coefficient (Wildman–Crippen LogP) is 2.16. The molecule has 1 aromatic heterocycles. The third-order valence-corrected chi connectivity index (χ3v) is 3.51. The highest BCUT2D eigenvalue weighted by atomic mass is 79.9. The zero-order chi connectivity index (χ0) is 12.8. The highest BCUT2D eigenvalue weighted by molar-refractivity contribution is 9.11. The first-order chi connectivity index (χ1) is 7.99. The van der Waals surface area contributed by atoms with Crippen LogP contribution in [0.15, 0.2) is 15.9 Å². The van der Waals surface area contributed by atoms with E-state index in [1.807, 2.05) is 19.9 Å². The van der Waals surface area contributed by atoms with Crippen molar-refractivity contribution in [2.24, 2.45) is 0 Å². The average molecular weight is 319 g/mol. The smallest absolute Gasteiger partial charge is 0.261 e. The number of carbonyl (C=O) groups excluding carboxylic acids is 2. The number of nitrogens with one attached hydrogen (secondary N) is 2. The Hall–Kier alpha value is -0.880. The van der Waals surface area contributed by atoms with Crippen LogP contribution in [0.4, 0.5) is 0 Å². The van der Waals surface area contributed by atoms with Crippen molar-refractivity contribution >= 4 is 39.1 Å². The van der Waals surface area contributed by atoms with Crippen molar-refractivity contribution in [2.75, 3.05) is 6.54 Å². The largest absolute Gasteiger partial charge is 0.354 e. The molecule has 0 atom stereocenters.